The number of carbonyl (C=O) groups excluding carboxylic acids is 4. The first-order chi connectivity index (χ1) is 27.9. The molecule has 0 aliphatic carbocycles. The number of esters is 1. The summed E-state index contributed by atoms with van der Waals surface area (Å²) in [5, 5.41) is 31.4. The van der Waals surface area contributed by atoms with E-state index < -0.39 is 58.8 Å². The van der Waals surface area contributed by atoms with E-state index in [0.717, 1.165) is 22.4 Å². The van der Waals surface area contributed by atoms with E-state index in [1.54, 1.807) is 42.6 Å². The third-order valence-electron chi connectivity index (χ3n) is 9.38. The Kier molecular flexibility index (Phi) is 18.4. The van der Waals surface area contributed by atoms with Crippen molar-refractivity contribution in [2.45, 2.75) is 81.5 Å². The van der Waals surface area contributed by atoms with Gasteiger partial charge in [-0.25, -0.2) is 4.98 Å². The van der Waals surface area contributed by atoms with Crippen molar-refractivity contribution in [2.24, 2.45) is 5.92 Å². The summed E-state index contributed by atoms with van der Waals surface area (Å²) in [7, 11) is 0. The third-order valence-corrected chi connectivity index (χ3v) is 11.6. The lowest BCUT2D eigenvalue weighted by atomic mass is 9.84. The number of benzene rings is 3. The summed E-state index contributed by atoms with van der Waals surface area (Å²) in [6.45, 7) is 8.53. The number of aliphatic hydroxyl groups is 2. The second-order valence-corrected chi connectivity index (χ2v) is 16.2. The lowest BCUT2D eigenvalue weighted by molar-refractivity contribution is -0.145. The molecule has 0 saturated carbocycles. The number of nitrogens with zero attached hydrogens (tertiary/aromatic N) is 1. The number of thiazole rings is 1. The summed E-state index contributed by atoms with van der Waals surface area (Å²) in [5.74, 6) is -1.94. The zero-order valence-corrected chi connectivity index (χ0v) is 34.8. The second-order valence-electron chi connectivity index (χ2n) is 14.2. The smallest absolute Gasteiger partial charge is 0.308 e. The lowest BCUT2D eigenvalue weighted by Gasteiger charge is -2.35. The monoisotopic (exact) mass is 826 g/mol. The molecule has 1 aromatic heterocycles. The number of carbonyl (C=O) groups is 4. The predicted molar refractivity (Wildman–Crippen MR) is 230 cm³/mol. The molecular weight excluding hydrogens is 773 g/mol. The van der Waals surface area contributed by atoms with E-state index in [-0.39, 0.29) is 31.8 Å². The van der Waals surface area contributed by atoms with Gasteiger partial charge in [0.25, 0.3) is 0 Å². The Balaban J connectivity index is 1.36. The van der Waals surface area contributed by atoms with Crippen molar-refractivity contribution in [1.29, 1.82) is 0 Å². The highest BCUT2D eigenvalue weighted by Gasteiger charge is 2.36. The Morgan fingerprint density at radius 3 is 1.95 bits per heavy atom. The maximum absolute atomic E-state index is 13.5. The van der Waals surface area contributed by atoms with Crippen molar-refractivity contribution in [3.8, 4) is 0 Å². The van der Waals surface area contributed by atoms with Crippen LogP contribution in [0.25, 0.3) is 0 Å². The minimum absolute atomic E-state index is 0.00206. The molecule has 58 heavy (non-hydrogen) atoms. The molecular formula is C45H54N4O7S2. The van der Waals surface area contributed by atoms with Gasteiger partial charge >= 0.3 is 5.97 Å². The normalized spacial score (nSPS) is 14.2. The summed E-state index contributed by atoms with van der Waals surface area (Å²) in [4.78, 5) is 56.2. The summed E-state index contributed by atoms with van der Waals surface area (Å²) < 4.78 is 4.49. The van der Waals surface area contributed by atoms with Gasteiger partial charge in [-0.2, -0.15) is 0 Å². The maximum Gasteiger partial charge on any atom is 0.308 e. The molecule has 0 bridgehead atoms. The highest BCUT2D eigenvalue weighted by molar-refractivity contribution is 8.00. The molecule has 11 nitrogen and oxygen atoms in total. The number of allylic oxidation sites excluding steroid dienone is 1. The zero-order chi connectivity index (χ0) is 41.9. The van der Waals surface area contributed by atoms with Gasteiger partial charge in [-0.1, -0.05) is 130 Å². The van der Waals surface area contributed by atoms with E-state index in [1.165, 1.54) is 24.3 Å². The van der Waals surface area contributed by atoms with Gasteiger partial charge in [-0.05, 0) is 41.7 Å². The number of aliphatic hydroxyl groups excluding tert-OH is 2. The van der Waals surface area contributed by atoms with Crippen LogP contribution >= 0.6 is 23.1 Å². The van der Waals surface area contributed by atoms with Crippen molar-refractivity contribution in [1.82, 2.24) is 20.9 Å². The molecule has 5 atom stereocenters. The Labute approximate surface area is 349 Å². The first-order valence-electron chi connectivity index (χ1n) is 19.3. The van der Waals surface area contributed by atoms with Crippen LogP contribution in [-0.4, -0.2) is 81.6 Å². The number of hydrogen-bond acceptors (Lipinski definition) is 10. The van der Waals surface area contributed by atoms with E-state index in [0.29, 0.717) is 12.1 Å². The van der Waals surface area contributed by atoms with E-state index in [2.05, 4.69) is 63.9 Å². The Bertz CT molecular complexity index is 1810. The minimum atomic E-state index is -1.23. The molecule has 0 spiro atoms. The number of nitrogens with one attached hydrogen (secondary N) is 3. The second kappa shape index (κ2) is 23.4. The van der Waals surface area contributed by atoms with Crippen LogP contribution in [0.3, 0.4) is 0 Å². The summed E-state index contributed by atoms with van der Waals surface area (Å²) in [5.41, 5.74) is 5.65. The van der Waals surface area contributed by atoms with Crippen LogP contribution in [0, 0.1) is 5.92 Å². The molecule has 4 aromatic rings. The predicted octanol–water partition coefficient (Wildman–Crippen LogP) is 5.72. The maximum atomic E-state index is 13.5. The van der Waals surface area contributed by atoms with Crippen LogP contribution in [0.1, 0.15) is 62.4 Å². The number of amides is 3. The highest BCUT2D eigenvalue weighted by Crippen LogP contribution is 2.48. The quantitative estimate of drug-likeness (QED) is 0.0272. The van der Waals surface area contributed by atoms with Gasteiger partial charge in [0.2, 0.25) is 17.7 Å². The fourth-order valence-corrected chi connectivity index (χ4v) is 8.49. The minimum Gasteiger partial charge on any atom is -0.461 e. The Hall–Kier alpha value is -5.08. The van der Waals surface area contributed by atoms with Crippen LogP contribution in [0.4, 0.5) is 0 Å². The van der Waals surface area contributed by atoms with Gasteiger partial charge in [0.15, 0.2) is 0 Å². The first-order valence-corrected chi connectivity index (χ1v) is 21.2. The fourth-order valence-electron chi connectivity index (χ4n) is 6.45. The topological polar surface area (TPSA) is 167 Å². The largest absolute Gasteiger partial charge is 0.461 e. The van der Waals surface area contributed by atoms with Crippen molar-refractivity contribution in [3.05, 3.63) is 149 Å². The van der Waals surface area contributed by atoms with Gasteiger partial charge in [0.05, 0.1) is 47.0 Å². The molecule has 5 N–H and O–H groups in total. The van der Waals surface area contributed by atoms with Crippen LogP contribution in [-0.2, 0) is 35.1 Å². The molecule has 308 valence electrons. The third kappa shape index (κ3) is 13.5. The van der Waals surface area contributed by atoms with Crippen molar-refractivity contribution < 1.29 is 34.1 Å². The van der Waals surface area contributed by atoms with E-state index in [1.807, 2.05) is 60.7 Å². The van der Waals surface area contributed by atoms with E-state index in [9.17, 15) is 29.4 Å². The molecule has 0 fully saturated rings. The van der Waals surface area contributed by atoms with Crippen molar-refractivity contribution >= 4 is 46.8 Å². The molecule has 3 amide bonds. The molecule has 0 radical (unpaired) electrons. The first kappa shape index (κ1) is 45.6. The highest BCUT2D eigenvalue weighted by atomic mass is 32.2. The van der Waals surface area contributed by atoms with Crippen LogP contribution in [0.5, 0.6) is 0 Å². The zero-order valence-electron chi connectivity index (χ0n) is 33.2. The fraction of sp³-hybridized carbons (Fsp3) is 0.356. The van der Waals surface area contributed by atoms with Crippen LogP contribution in [0.2, 0.25) is 0 Å². The molecule has 0 aliphatic rings. The van der Waals surface area contributed by atoms with Gasteiger partial charge in [0.1, 0.15) is 18.7 Å². The average Bonchev–Trinajstić information content (AvgIpc) is 3.74. The van der Waals surface area contributed by atoms with Crippen LogP contribution < -0.4 is 16.0 Å². The summed E-state index contributed by atoms with van der Waals surface area (Å²) in [6.07, 6.45) is 2.60. The summed E-state index contributed by atoms with van der Waals surface area (Å²) in [6, 6.07) is 28.2. The number of rotatable bonds is 23. The van der Waals surface area contributed by atoms with Crippen molar-refractivity contribution in [3.63, 3.8) is 0 Å². The Morgan fingerprint density at radius 2 is 1.43 bits per heavy atom. The van der Waals surface area contributed by atoms with E-state index in [4.69, 9.17) is 4.74 Å². The molecule has 1 heterocycles. The average molecular weight is 827 g/mol. The summed E-state index contributed by atoms with van der Waals surface area (Å²) >= 11 is 3.14. The number of hydrogen-bond donors (Lipinski definition) is 5. The molecule has 3 unspecified atom stereocenters. The molecule has 4 rings (SSSR count). The number of ether oxygens (including phenoxy) is 1. The Morgan fingerprint density at radius 1 is 0.845 bits per heavy atom. The van der Waals surface area contributed by atoms with Crippen molar-refractivity contribution in [2.75, 3.05) is 12.4 Å². The van der Waals surface area contributed by atoms with Gasteiger partial charge < -0.3 is 30.9 Å². The van der Waals surface area contributed by atoms with E-state index >= 15 is 0 Å². The number of thioether (sulfide) groups is 1. The molecule has 0 saturated heterocycles. The molecule has 13 heteroatoms. The van der Waals surface area contributed by atoms with Gasteiger partial charge in [-0.15, -0.1) is 23.1 Å². The SMILES string of the molecule is C=CCOC(=O)C[C@H](O)[C@H](NC(=O)C(C)NC(=O)C(Cc1cscn1)NC(=O)CC(O)C=CCCSC(c1ccccc1)(c1ccccc1)c1ccccc1)C(C)C. The molecule has 0 aliphatic heterocycles. The van der Waals surface area contributed by atoms with Gasteiger partial charge in [0, 0.05) is 11.8 Å². The molecule has 3 aromatic carbocycles. The lowest BCUT2D eigenvalue weighted by Crippen LogP contribution is -2.56. The standard InChI is InChI=1S/C45H54N4O7S2/c1-5-24-56-41(53)28-39(51)42(31(2)3)49-43(54)32(4)47-44(55)38(26-36-29-57-30-46-36)48-40(52)27-37(50)23-15-16-25-58-45(33-17-9-6-10-18-33,34-19-11-7-12-20-34)35-21-13-8-14-22-35/h5-15,17-23,29-32,37-39,42,50-51H,1,16,24-28H2,2-4H3,(H,47,55)(H,48,52)(H,49,54)/t32?,37?,38?,39-,42+/m0/s1. The van der Waals surface area contributed by atoms with Crippen LogP contribution in [0.15, 0.2) is 127 Å². The van der Waals surface area contributed by atoms with Gasteiger partial charge in [-0.3, -0.25) is 19.2 Å². The number of aromatic nitrogens is 1.